The smallest absolute Gasteiger partial charge is 0.222 e. The molecule has 2 atom stereocenters. The molecule has 0 saturated carbocycles. The highest BCUT2D eigenvalue weighted by molar-refractivity contribution is 5.78. The van der Waals surface area contributed by atoms with Gasteiger partial charge in [0, 0.05) is 5.92 Å². The highest BCUT2D eigenvalue weighted by atomic mass is 19.1. The van der Waals surface area contributed by atoms with Gasteiger partial charge in [0.05, 0.1) is 6.04 Å². The Morgan fingerprint density at radius 2 is 2.11 bits per heavy atom. The third kappa shape index (κ3) is 3.81. The van der Waals surface area contributed by atoms with Crippen molar-refractivity contribution in [3.8, 4) is 0 Å². The van der Waals surface area contributed by atoms with E-state index in [4.69, 9.17) is 0 Å². The lowest BCUT2D eigenvalue weighted by molar-refractivity contribution is -0.125. The second kappa shape index (κ2) is 6.50. The van der Waals surface area contributed by atoms with Crippen LogP contribution in [0.5, 0.6) is 0 Å². The van der Waals surface area contributed by atoms with Gasteiger partial charge in [-0.2, -0.15) is 0 Å². The molecule has 0 aliphatic carbocycles. The van der Waals surface area contributed by atoms with Crippen molar-refractivity contribution in [2.24, 2.45) is 5.92 Å². The van der Waals surface area contributed by atoms with Gasteiger partial charge < -0.3 is 10.4 Å². The number of hydrogen-bond acceptors (Lipinski definition) is 2. The summed E-state index contributed by atoms with van der Waals surface area (Å²) in [6.07, 6.45) is -1.03. The van der Waals surface area contributed by atoms with Crippen LogP contribution in [-0.2, 0) is 4.79 Å². The molecule has 0 spiro atoms. The van der Waals surface area contributed by atoms with E-state index < -0.39 is 18.8 Å². The number of carbonyl (C=O) groups is 1. The Morgan fingerprint density at radius 1 is 1.44 bits per heavy atom. The number of amides is 1. The first-order chi connectivity index (χ1) is 8.45. The summed E-state index contributed by atoms with van der Waals surface area (Å²) in [4.78, 5) is 11.5. The lowest BCUT2D eigenvalue weighted by Gasteiger charge is -2.23. The first kappa shape index (κ1) is 14.6. The molecular weight excluding hydrogens is 233 g/mol. The van der Waals surface area contributed by atoms with Gasteiger partial charge in [-0.05, 0) is 12.5 Å². The largest absolute Gasteiger partial charge is 0.386 e. The molecule has 0 aliphatic rings. The number of hydrogen-bond donors (Lipinski definition) is 2. The number of aryl methyl sites for hydroxylation is 1. The normalized spacial score (nSPS) is 14.3. The number of nitrogens with one attached hydrogen (secondary N) is 1. The molecule has 0 saturated heterocycles. The zero-order chi connectivity index (χ0) is 13.7. The van der Waals surface area contributed by atoms with E-state index in [1.807, 2.05) is 13.0 Å². The minimum absolute atomic E-state index is 0.233. The molecule has 2 N–H and O–H groups in total. The van der Waals surface area contributed by atoms with Crippen molar-refractivity contribution < 1.29 is 14.3 Å². The summed E-state index contributed by atoms with van der Waals surface area (Å²) in [6.45, 7) is 4.55. The Labute approximate surface area is 107 Å². The second-order valence-corrected chi connectivity index (χ2v) is 4.78. The summed E-state index contributed by atoms with van der Waals surface area (Å²) in [5.41, 5.74) is 1.60. The van der Waals surface area contributed by atoms with Crippen LogP contribution in [0.2, 0.25) is 0 Å². The quantitative estimate of drug-likeness (QED) is 0.844. The van der Waals surface area contributed by atoms with Gasteiger partial charge in [0.2, 0.25) is 5.91 Å². The molecule has 3 nitrogen and oxygen atoms in total. The molecule has 0 aliphatic heterocycles. The Morgan fingerprint density at radius 3 is 2.61 bits per heavy atom. The number of alkyl halides is 1. The Kier molecular flexibility index (Phi) is 5.28. The van der Waals surface area contributed by atoms with Gasteiger partial charge in [-0.25, -0.2) is 4.39 Å². The molecule has 1 aromatic rings. The van der Waals surface area contributed by atoms with Crippen LogP contribution in [0.3, 0.4) is 0 Å². The zero-order valence-electron chi connectivity index (χ0n) is 11.0. The predicted octanol–water partition coefficient (Wildman–Crippen LogP) is 2.14. The molecule has 1 amide bonds. The van der Waals surface area contributed by atoms with Crippen molar-refractivity contribution in [1.82, 2.24) is 5.32 Å². The predicted molar refractivity (Wildman–Crippen MR) is 68.9 cm³/mol. The minimum atomic E-state index is -1.03. The first-order valence-electron chi connectivity index (χ1n) is 6.06. The van der Waals surface area contributed by atoms with Crippen molar-refractivity contribution in [3.63, 3.8) is 0 Å². The fourth-order valence-corrected chi connectivity index (χ4v) is 1.64. The topological polar surface area (TPSA) is 49.3 Å². The van der Waals surface area contributed by atoms with Gasteiger partial charge in [0.25, 0.3) is 0 Å². The molecule has 100 valence electrons. The fraction of sp³-hybridized carbons (Fsp3) is 0.500. The maximum Gasteiger partial charge on any atom is 0.222 e. The van der Waals surface area contributed by atoms with Crippen LogP contribution >= 0.6 is 0 Å². The summed E-state index contributed by atoms with van der Waals surface area (Å²) >= 11 is 0. The molecule has 0 bridgehead atoms. The Balaban J connectivity index is 2.79. The third-order valence-corrected chi connectivity index (χ3v) is 2.78. The maximum atomic E-state index is 12.9. The Hall–Kier alpha value is -1.42. The molecule has 0 heterocycles. The van der Waals surface area contributed by atoms with Crippen molar-refractivity contribution in [3.05, 3.63) is 35.4 Å². The van der Waals surface area contributed by atoms with Crippen LogP contribution < -0.4 is 5.32 Å². The standard InChI is InChI=1S/C14H20FNO2/c1-9(2)14(18)16-12(8-15)13(17)11-6-4-5-10(3)7-11/h4-7,9,12-13,17H,8H2,1-3H3,(H,16,18)/t12-,13-/m1/s1. The van der Waals surface area contributed by atoms with E-state index in [1.165, 1.54) is 0 Å². The van der Waals surface area contributed by atoms with E-state index in [0.29, 0.717) is 5.56 Å². The van der Waals surface area contributed by atoms with E-state index >= 15 is 0 Å². The van der Waals surface area contributed by atoms with Gasteiger partial charge in [-0.3, -0.25) is 4.79 Å². The molecule has 0 fully saturated rings. The molecule has 0 unspecified atom stereocenters. The van der Waals surface area contributed by atoms with Crippen molar-refractivity contribution >= 4 is 5.91 Å². The minimum Gasteiger partial charge on any atom is -0.386 e. The molecule has 0 aromatic heterocycles. The van der Waals surface area contributed by atoms with Gasteiger partial charge in [-0.15, -0.1) is 0 Å². The van der Waals surface area contributed by atoms with Crippen molar-refractivity contribution in [2.75, 3.05) is 6.67 Å². The highest BCUT2D eigenvalue weighted by Crippen LogP contribution is 2.18. The van der Waals surface area contributed by atoms with Gasteiger partial charge in [0.15, 0.2) is 0 Å². The number of rotatable bonds is 5. The van der Waals surface area contributed by atoms with Crippen LogP contribution in [-0.4, -0.2) is 23.7 Å². The number of carbonyl (C=O) groups excluding carboxylic acids is 1. The maximum absolute atomic E-state index is 12.9. The summed E-state index contributed by atoms with van der Waals surface area (Å²) in [5.74, 6) is -0.492. The zero-order valence-corrected chi connectivity index (χ0v) is 11.0. The van der Waals surface area contributed by atoms with Crippen molar-refractivity contribution in [1.29, 1.82) is 0 Å². The number of aliphatic hydroxyl groups excluding tert-OH is 1. The lowest BCUT2D eigenvalue weighted by Crippen LogP contribution is -2.42. The summed E-state index contributed by atoms with van der Waals surface area (Å²) in [5, 5.41) is 12.6. The summed E-state index contributed by atoms with van der Waals surface area (Å²) in [7, 11) is 0. The van der Waals surface area contributed by atoms with E-state index in [1.54, 1.807) is 32.0 Å². The van der Waals surface area contributed by atoms with Crippen LogP contribution in [0.25, 0.3) is 0 Å². The number of halogens is 1. The highest BCUT2D eigenvalue weighted by Gasteiger charge is 2.23. The number of aliphatic hydroxyl groups is 1. The summed E-state index contributed by atoms with van der Waals surface area (Å²) in [6, 6.07) is 6.30. The van der Waals surface area contributed by atoms with Crippen LogP contribution in [0.1, 0.15) is 31.1 Å². The average molecular weight is 253 g/mol. The lowest BCUT2D eigenvalue weighted by atomic mass is 10.0. The molecule has 0 radical (unpaired) electrons. The van der Waals surface area contributed by atoms with Crippen LogP contribution in [0, 0.1) is 12.8 Å². The molecule has 4 heteroatoms. The van der Waals surface area contributed by atoms with E-state index in [9.17, 15) is 14.3 Å². The van der Waals surface area contributed by atoms with Gasteiger partial charge in [-0.1, -0.05) is 43.7 Å². The molecular formula is C14H20FNO2. The molecule has 18 heavy (non-hydrogen) atoms. The van der Waals surface area contributed by atoms with Gasteiger partial charge in [0.1, 0.15) is 12.8 Å². The number of benzene rings is 1. The fourth-order valence-electron chi connectivity index (χ4n) is 1.64. The van der Waals surface area contributed by atoms with Crippen molar-refractivity contribution in [2.45, 2.75) is 32.9 Å². The Bertz CT molecular complexity index is 407. The van der Waals surface area contributed by atoms with E-state index in [2.05, 4.69) is 5.32 Å². The average Bonchev–Trinajstić information content (AvgIpc) is 2.34. The second-order valence-electron chi connectivity index (χ2n) is 4.78. The molecule has 1 rings (SSSR count). The van der Waals surface area contributed by atoms with E-state index in [-0.39, 0.29) is 11.8 Å². The first-order valence-corrected chi connectivity index (χ1v) is 6.06. The summed E-state index contributed by atoms with van der Waals surface area (Å²) < 4.78 is 12.9. The van der Waals surface area contributed by atoms with E-state index in [0.717, 1.165) is 5.56 Å². The van der Waals surface area contributed by atoms with Gasteiger partial charge >= 0.3 is 0 Å². The van der Waals surface area contributed by atoms with Crippen LogP contribution in [0.4, 0.5) is 4.39 Å². The third-order valence-electron chi connectivity index (χ3n) is 2.78. The van der Waals surface area contributed by atoms with Crippen LogP contribution in [0.15, 0.2) is 24.3 Å². The monoisotopic (exact) mass is 253 g/mol. The SMILES string of the molecule is Cc1cccc([C@@H](O)[C@@H](CF)NC(=O)C(C)C)c1. The molecule has 1 aromatic carbocycles.